The Hall–Kier alpha value is -1.62. The van der Waals surface area contributed by atoms with Crippen molar-refractivity contribution in [3.05, 3.63) is 23.9 Å². The summed E-state index contributed by atoms with van der Waals surface area (Å²) in [6, 6.07) is 3.57. The van der Waals surface area contributed by atoms with Gasteiger partial charge in [-0.1, -0.05) is 19.3 Å². The van der Waals surface area contributed by atoms with Gasteiger partial charge in [-0.25, -0.2) is 10.8 Å². The molecule has 108 valence electrons. The maximum absolute atomic E-state index is 12.6. The summed E-state index contributed by atoms with van der Waals surface area (Å²) in [5.74, 6) is 7.47. The minimum atomic E-state index is 0.0510. The number of nitrogens with zero attached hydrogens (tertiary/aromatic N) is 2. The van der Waals surface area contributed by atoms with E-state index < -0.39 is 0 Å². The van der Waals surface area contributed by atoms with E-state index in [2.05, 4.69) is 10.4 Å². The van der Waals surface area contributed by atoms with Gasteiger partial charge in [-0.2, -0.15) is 0 Å². The number of hydrazine groups is 1. The van der Waals surface area contributed by atoms with Crippen LogP contribution >= 0.6 is 0 Å². The van der Waals surface area contributed by atoms with Crippen molar-refractivity contribution >= 4 is 11.7 Å². The molecule has 1 aliphatic heterocycles. The number of nitrogens with one attached hydrogen (secondary N) is 1. The minimum absolute atomic E-state index is 0.0510. The van der Waals surface area contributed by atoms with Gasteiger partial charge in [-0.05, 0) is 36.8 Å². The van der Waals surface area contributed by atoms with Gasteiger partial charge in [0.05, 0.1) is 5.56 Å². The van der Waals surface area contributed by atoms with Crippen molar-refractivity contribution in [3.63, 3.8) is 0 Å². The molecular weight excluding hydrogens is 252 g/mol. The molecule has 2 heterocycles. The van der Waals surface area contributed by atoms with Crippen LogP contribution in [0.4, 0.5) is 5.82 Å². The average molecular weight is 274 g/mol. The van der Waals surface area contributed by atoms with Crippen LogP contribution in [-0.4, -0.2) is 28.9 Å². The second-order valence-corrected chi connectivity index (χ2v) is 5.89. The predicted octanol–water partition coefficient (Wildman–Crippen LogP) is 2.02. The number of carbonyl (C=O) groups excluding carboxylic acids is 1. The van der Waals surface area contributed by atoms with Gasteiger partial charge in [-0.15, -0.1) is 0 Å². The lowest BCUT2D eigenvalue weighted by Gasteiger charge is -2.41. The average Bonchev–Trinajstić information content (AvgIpc) is 2.53. The summed E-state index contributed by atoms with van der Waals surface area (Å²) in [6.07, 6.45) is 8.06. The summed E-state index contributed by atoms with van der Waals surface area (Å²) in [4.78, 5) is 18.7. The Morgan fingerprint density at radius 2 is 2.10 bits per heavy atom. The molecule has 1 amide bonds. The number of anilines is 1. The molecular formula is C15H22N4O. The number of likely N-dealkylation sites (tertiary alicyclic amines) is 1. The van der Waals surface area contributed by atoms with Gasteiger partial charge in [-0.3, -0.25) is 4.79 Å². The molecule has 3 rings (SSSR count). The smallest absolute Gasteiger partial charge is 0.257 e. The van der Waals surface area contributed by atoms with Gasteiger partial charge in [0, 0.05) is 19.3 Å². The van der Waals surface area contributed by atoms with E-state index in [1.165, 1.54) is 25.7 Å². The zero-order chi connectivity index (χ0) is 13.9. The lowest BCUT2D eigenvalue weighted by atomic mass is 9.75. The summed E-state index contributed by atoms with van der Waals surface area (Å²) < 4.78 is 0. The Balaban J connectivity index is 1.74. The maximum atomic E-state index is 12.6. The van der Waals surface area contributed by atoms with Crippen LogP contribution in [0.15, 0.2) is 18.3 Å². The molecule has 0 radical (unpaired) electrons. The highest BCUT2D eigenvalue weighted by atomic mass is 16.2. The molecule has 1 aliphatic carbocycles. The Bertz CT molecular complexity index is 491. The van der Waals surface area contributed by atoms with Crippen molar-refractivity contribution in [3.8, 4) is 0 Å². The summed E-state index contributed by atoms with van der Waals surface area (Å²) in [6.45, 7) is 1.75. The molecule has 1 aromatic heterocycles. The van der Waals surface area contributed by atoms with Crippen molar-refractivity contribution in [1.82, 2.24) is 9.88 Å². The van der Waals surface area contributed by atoms with E-state index in [0.29, 0.717) is 17.3 Å². The van der Waals surface area contributed by atoms with Gasteiger partial charge in [0.1, 0.15) is 0 Å². The number of pyridine rings is 1. The molecule has 2 unspecified atom stereocenters. The highest BCUT2D eigenvalue weighted by molar-refractivity contribution is 5.98. The van der Waals surface area contributed by atoms with Crippen molar-refractivity contribution < 1.29 is 4.79 Å². The van der Waals surface area contributed by atoms with Crippen LogP contribution in [0.1, 0.15) is 42.5 Å². The molecule has 0 bridgehead atoms. The number of hydrogen-bond donors (Lipinski definition) is 2. The largest absolute Gasteiger partial charge is 0.338 e. The normalized spacial score (nSPS) is 25.9. The lowest BCUT2D eigenvalue weighted by Crippen LogP contribution is -2.45. The summed E-state index contributed by atoms with van der Waals surface area (Å²) in [5.41, 5.74) is 3.09. The van der Waals surface area contributed by atoms with Crippen LogP contribution in [0.25, 0.3) is 0 Å². The van der Waals surface area contributed by atoms with Crippen molar-refractivity contribution in [2.45, 2.75) is 32.1 Å². The van der Waals surface area contributed by atoms with Gasteiger partial charge < -0.3 is 10.3 Å². The first kappa shape index (κ1) is 13.4. The fraction of sp³-hybridized carbons (Fsp3) is 0.600. The van der Waals surface area contributed by atoms with E-state index in [9.17, 15) is 4.79 Å². The molecule has 2 aliphatic rings. The van der Waals surface area contributed by atoms with Crippen LogP contribution in [0, 0.1) is 11.8 Å². The number of piperidine rings is 1. The van der Waals surface area contributed by atoms with Crippen LogP contribution in [0.2, 0.25) is 0 Å². The molecule has 2 fully saturated rings. The number of rotatable bonds is 2. The van der Waals surface area contributed by atoms with Crippen molar-refractivity contribution in [1.29, 1.82) is 0 Å². The lowest BCUT2D eigenvalue weighted by molar-refractivity contribution is 0.0521. The number of nitrogen functional groups attached to an aromatic ring is 1. The van der Waals surface area contributed by atoms with Crippen LogP contribution in [-0.2, 0) is 0 Å². The van der Waals surface area contributed by atoms with E-state index in [0.717, 1.165) is 25.4 Å². The van der Waals surface area contributed by atoms with E-state index in [4.69, 9.17) is 5.84 Å². The van der Waals surface area contributed by atoms with E-state index in [-0.39, 0.29) is 5.91 Å². The standard InChI is InChI=1S/C15H22N4O/c16-18-14-13(6-3-8-17-14)15(20)19-9-7-11-4-1-2-5-12(11)10-19/h3,6,8,11-12H,1-2,4-5,7,9-10,16H2,(H,17,18). The number of amides is 1. The first-order valence-corrected chi connectivity index (χ1v) is 7.50. The third-order valence-electron chi connectivity index (χ3n) is 4.75. The molecule has 3 N–H and O–H groups in total. The van der Waals surface area contributed by atoms with Gasteiger partial charge in [0.25, 0.3) is 5.91 Å². The van der Waals surface area contributed by atoms with Crippen molar-refractivity contribution in [2.75, 3.05) is 18.5 Å². The summed E-state index contributed by atoms with van der Waals surface area (Å²) >= 11 is 0. The minimum Gasteiger partial charge on any atom is -0.338 e. The van der Waals surface area contributed by atoms with E-state index >= 15 is 0 Å². The number of aromatic nitrogens is 1. The molecule has 1 saturated heterocycles. The number of hydrogen-bond acceptors (Lipinski definition) is 4. The Morgan fingerprint density at radius 3 is 2.90 bits per heavy atom. The summed E-state index contributed by atoms with van der Waals surface area (Å²) in [5, 5.41) is 0. The van der Waals surface area contributed by atoms with Gasteiger partial charge >= 0.3 is 0 Å². The number of nitrogens with two attached hydrogens (primary N) is 1. The van der Waals surface area contributed by atoms with Gasteiger partial charge in [0.2, 0.25) is 0 Å². The molecule has 20 heavy (non-hydrogen) atoms. The summed E-state index contributed by atoms with van der Waals surface area (Å²) in [7, 11) is 0. The molecule has 1 saturated carbocycles. The molecule has 5 heteroatoms. The monoisotopic (exact) mass is 274 g/mol. The molecule has 1 aromatic rings. The number of carbonyl (C=O) groups is 1. The fourth-order valence-electron chi connectivity index (χ4n) is 3.65. The van der Waals surface area contributed by atoms with Crippen molar-refractivity contribution in [2.24, 2.45) is 17.7 Å². The first-order valence-electron chi connectivity index (χ1n) is 7.50. The molecule has 5 nitrogen and oxygen atoms in total. The molecule has 0 aromatic carbocycles. The van der Waals surface area contributed by atoms with Crippen LogP contribution in [0.3, 0.4) is 0 Å². The fourth-order valence-corrected chi connectivity index (χ4v) is 3.65. The molecule has 0 spiro atoms. The second-order valence-electron chi connectivity index (χ2n) is 5.89. The third kappa shape index (κ3) is 2.50. The quantitative estimate of drug-likeness (QED) is 0.639. The zero-order valence-electron chi connectivity index (χ0n) is 11.7. The topological polar surface area (TPSA) is 71.2 Å². The predicted molar refractivity (Wildman–Crippen MR) is 78.0 cm³/mol. The van der Waals surface area contributed by atoms with Crippen LogP contribution < -0.4 is 11.3 Å². The number of fused-ring (bicyclic) bond motifs is 1. The van der Waals surface area contributed by atoms with Gasteiger partial charge in [0.15, 0.2) is 5.82 Å². The SMILES string of the molecule is NNc1ncccc1C(=O)N1CCC2CCCCC2C1. The second kappa shape index (κ2) is 5.79. The first-order chi connectivity index (χ1) is 9.79. The third-order valence-corrected chi connectivity index (χ3v) is 4.75. The van der Waals surface area contributed by atoms with Crippen LogP contribution in [0.5, 0.6) is 0 Å². The zero-order valence-corrected chi connectivity index (χ0v) is 11.7. The molecule has 2 atom stereocenters. The Kier molecular flexibility index (Phi) is 3.87. The highest BCUT2D eigenvalue weighted by Gasteiger charge is 2.33. The maximum Gasteiger partial charge on any atom is 0.257 e. The highest BCUT2D eigenvalue weighted by Crippen LogP contribution is 2.36. The Morgan fingerprint density at radius 1 is 1.30 bits per heavy atom. The van der Waals surface area contributed by atoms with E-state index in [1.54, 1.807) is 18.3 Å². The Labute approximate surface area is 119 Å². The van der Waals surface area contributed by atoms with E-state index in [1.807, 2.05) is 4.90 Å².